The molecule has 0 radical (unpaired) electrons. The molecule has 0 saturated heterocycles. The molecule has 7 nitrogen and oxygen atoms in total. The van der Waals surface area contributed by atoms with Gasteiger partial charge in [-0.25, -0.2) is 0 Å². The van der Waals surface area contributed by atoms with E-state index < -0.39 is 95.2 Å². The molecule has 0 saturated carbocycles. The molecular formula is C30H30F9NO6. The van der Waals surface area contributed by atoms with E-state index in [-0.39, 0.29) is 17.4 Å². The number of Topliss-reactive ketones (excluding diaryl/α,β-unsaturated/α-hetero) is 3. The van der Waals surface area contributed by atoms with Gasteiger partial charge in [0, 0.05) is 30.2 Å². The van der Waals surface area contributed by atoms with Crippen LogP contribution in [0.25, 0.3) is 0 Å². The van der Waals surface area contributed by atoms with Crippen molar-refractivity contribution >= 4 is 23.3 Å². The number of carbonyl (C=O) groups is 4. The fourth-order valence-corrected chi connectivity index (χ4v) is 4.53. The molecule has 0 aliphatic carbocycles. The zero-order chi connectivity index (χ0) is 35.4. The van der Waals surface area contributed by atoms with Crippen LogP contribution in [-0.4, -0.2) is 47.8 Å². The first kappa shape index (κ1) is 38.2. The third-order valence-corrected chi connectivity index (χ3v) is 7.26. The molecule has 0 fully saturated rings. The topological polar surface area (TPSA) is 110 Å². The van der Waals surface area contributed by atoms with Crippen molar-refractivity contribution in [1.29, 1.82) is 0 Å². The van der Waals surface area contributed by atoms with E-state index in [0.29, 0.717) is 18.2 Å². The van der Waals surface area contributed by atoms with Crippen molar-refractivity contribution in [2.75, 3.05) is 7.11 Å². The van der Waals surface area contributed by atoms with E-state index in [0.717, 1.165) is 6.92 Å². The monoisotopic (exact) mass is 671 g/mol. The van der Waals surface area contributed by atoms with Crippen molar-refractivity contribution in [3.8, 4) is 5.75 Å². The summed E-state index contributed by atoms with van der Waals surface area (Å²) < 4.78 is 126. The van der Waals surface area contributed by atoms with Crippen molar-refractivity contribution in [3.63, 3.8) is 0 Å². The number of ether oxygens (including phenoxy) is 1. The number of rotatable bonds is 13. The van der Waals surface area contributed by atoms with Crippen LogP contribution in [0.2, 0.25) is 0 Å². The number of alkyl halides is 9. The van der Waals surface area contributed by atoms with Gasteiger partial charge in [0.1, 0.15) is 11.8 Å². The summed E-state index contributed by atoms with van der Waals surface area (Å²) in [5, 5.41) is 12.7. The molecule has 2 rings (SSSR count). The molecule has 0 aliphatic rings. The summed E-state index contributed by atoms with van der Waals surface area (Å²) >= 11 is 0. The second kappa shape index (κ2) is 14.2. The van der Waals surface area contributed by atoms with Gasteiger partial charge >= 0.3 is 18.5 Å². The van der Waals surface area contributed by atoms with Crippen molar-refractivity contribution in [2.24, 2.45) is 17.8 Å². The predicted molar refractivity (Wildman–Crippen MR) is 143 cm³/mol. The van der Waals surface area contributed by atoms with E-state index >= 15 is 0 Å². The Bertz CT molecular complexity index is 1420. The highest BCUT2D eigenvalue weighted by molar-refractivity contribution is 5.97. The molecular weight excluding hydrogens is 641 g/mol. The Labute approximate surface area is 257 Å². The Morgan fingerprint density at radius 3 is 1.83 bits per heavy atom. The lowest BCUT2D eigenvalue weighted by atomic mass is 9.83. The van der Waals surface area contributed by atoms with Crippen LogP contribution >= 0.6 is 0 Å². The number of halogens is 9. The Kier molecular flexibility index (Phi) is 11.8. The highest BCUT2D eigenvalue weighted by Crippen LogP contribution is 2.43. The Morgan fingerprint density at radius 1 is 0.826 bits per heavy atom. The SMILES string of the molecule is COc1ccc([C@H](NC(=O)[C@H](C)CC(=O)C(O)(c2cccc(C(F)(F)F)c2)C(F)(F)F)C(=O)C[C@H](C(=O)C(F)(F)F)C(C)C)cc1. The number of methoxy groups -OCH3 is 1. The zero-order valence-corrected chi connectivity index (χ0v) is 24.7. The number of amides is 1. The van der Waals surface area contributed by atoms with Crippen LogP contribution in [0.4, 0.5) is 39.5 Å². The molecule has 254 valence electrons. The maximum Gasteiger partial charge on any atom is 0.450 e. The van der Waals surface area contributed by atoms with Gasteiger partial charge in [-0.05, 0) is 35.7 Å². The number of hydrogen-bond donors (Lipinski definition) is 2. The number of carbonyl (C=O) groups excluding carboxylic acids is 4. The molecule has 2 N–H and O–H groups in total. The van der Waals surface area contributed by atoms with Gasteiger partial charge in [0.05, 0.1) is 12.7 Å². The van der Waals surface area contributed by atoms with Crippen molar-refractivity contribution in [3.05, 3.63) is 65.2 Å². The molecule has 0 aromatic heterocycles. The van der Waals surface area contributed by atoms with E-state index in [1.54, 1.807) is 0 Å². The largest absolute Gasteiger partial charge is 0.497 e. The fraction of sp³-hybridized carbons (Fsp3) is 0.467. The number of aliphatic hydroxyl groups is 1. The van der Waals surface area contributed by atoms with Crippen LogP contribution in [-0.2, 0) is 31.0 Å². The van der Waals surface area contributed by atoms with Crippen LogP contribution in [0.15, 0.2) is 48.5 Å². The van der Waals surface area contributed by atoms with E-state index in [9.17, 15) is 63.8 Å². The lowest BCUT2D eigenvalue weighted by Crippen LogP contribution is -2.50. The highest BCUT2D eigenvalue weighted by atomic mass is 19.4. The van der Waals surface area contributed by atoms with Gasteiger partial charge in [-0.2, -0.15) is 39.5 Å². The summed E-state index contributed by atoms with van der Waals surface area (Å²) in [7, 11) is 1.30. The second-order valence-electron chi connectivity index (χ2n) is 10.9. The van der Waals surface area contributed by atoms with Crippen molar-refractivity contribution in [2.45, 2.75) is 63.8 Å². The second-order valence-corrected chi connectivity index (χ2v) is 10.9. The number of ketones is 3. The van der Waals surface area contributed by atoms with Crippen molar-refractivity contribution in [1.82, 2.24) is 5.32 Å². The minimum Gasteiger partial charge on any atom is -0.497 e. The number of benzene rings is 2. The van der Waals surface area contributed by atoms with E-state index in [2.05, 4.69) is 5.32 Å². The van der Waals surface area contributed by atoms with Gasteiger partial charge < -0.3 is 15.2 Å². The summed E-state index contributed by atoms with van der Waals surface area (Å²) in [5.74, 6) is -10.9. The lowest BCUT2D eigenvalue weighted by molar-refractivity contribution is -0.256. The Balaban J connectivity index is 2.43. The fourth-order valence-electron chi connectivity index (χ4n) is 4.53. The highest BCUT2D eigenvalue weighted by Gasteiger charge is 2.60. The van der Waals surface area contributed by atoms with Crippen LogP contribution < -0.4 is 10.1 Å². The average molecular weight is 672 g/mol. The molecule has 2 aromatic carbocycles. The van der Waals surface area contributed by atoms with Gasteiger partial charge in [-0.15, -0.1) is 0 Å². The Hall–Kier alpha value is -3.95. The first-order valence-electron chi connectivity index (χ1n) is 13.5. The van der Waals surface area contributed by atoms with Gasteiger partial charge in [-0.3, -0.25) is 19.2 Å². The van der Waals surface area contributed by atoms with Gasteiger partial charge in [0.25, 0.3) is 0 Å². The van der Waals surface area contributed by atoms with Crippen molar-refractivity contribution < 1.29 is 68.5 Å². The van der Waals surface area contributed by atoms with E-state index in [1.807, 2.05) is 0 Å². The lowest BCUT2D eigenvalue weighted by Gasteiger charge is -2.31. The summed E-state index contributed by atoms with van der Waals surface area (Å²) in [5.41, 5.74) is -7.52. The smallest absolute Gasteiger partial charge is 0.450 e. The van der Waals surface area contributed by atoms with Gasteiger partial charge in [-0.1, -0.05) is 45.0 Å². The normalized spacial score (nSPS) is 15.8. The predicted octanol–water partition coefficient (Wildman–Crippen LogP) is 6.28. The molecule has 1 amide bonds. The molecule has 4 atom stereocenters. The molecule has 46 heavy (non-hydrogen) atoms. The summed E-state index contributed by atoms with van der Waals surface area (Å²) in [6.07, 6.45) is -18.6. The first-order valence-corrected chi connectivity index (χ1v) is 13.5. The molecule has 1 unspecified atom stereocenters. The van der Waals surface area contributed by atoms with E-state index in [1.165, 1.54) is 45.2 Å². The number of hydrogen-bond acceptors (Lipinski definition) is 6. The standard InChI is InChI=1S/C30H30F9NO6/c1-15(2)21(25(43)29(34,35)36)14-22(41)24(17-8-10-20(46-4)11-9-17)40-26(44)16(3)12-23(42)27(45,30(37,38)39)18-6-5-7-19(13-18)28(31,32)33/h5-11,13,15-16,21,24,45H,12,14H2,1-4H3,(H,40,44)/t16-,21+,24+,27?/m1/s1. The maximum absolute atomic E-state index is 14.0. The first-order chi connectivity index (χ1) is 20.9. The minimum absolute atomic E-state index is 0.0181. The van der Waals surface area contributed by atoms with Crippen LogP contribution in [0.5, 0.6) is 5.75 Å². The molecule has 16 heteroatoms. The molecule has 0 heterocycles. The number of nitrogens with one attached hydrogen (secondary N) is 1. The zero-order valence-electron chi connectivity index (χ0n) is 24.7. The van der Waals surface area contributed by atoms with Crippen LogP contribution in [0.1, 0.15) is 56.3 Å². The molecule has 0 aliphatic heterocycles. The van der Waals surface area contributed by atoms with Gasteiger partial charge in [0.15, 0.2) is 11.6 Å². The quantitative estimate of drug-likeness (QED) is 0.243. The maximum atomic E-state index is 14.0. The van der Waals surface area contributed by atoms with Crippen LogP contribution in [0.3, 0.4) is 0 Å². The summed E-state index contributed by atoms with van der Waals surface area (Å²) in [6.45, 7) is 3.46. The molecule has 0 spiro atoms. The minimum atomic E-state index is -5.83. The van der Waals surface area contributed by atoms with E-state index in [4.69, 9.17) is 4.74 Å². The Morgan fingerprint density at radius 2 is 1.37 bits per heavy atom. The molecule has 2 aromatic rings. The summed E-state index contributed by atoms with van der Waals surface area (Å²) in [4.78, 5) is 51.3. The summed E-state index contributed by atoms with van der Waals surface area (Å²) in [6, 6.07) is 4.79. The third-order valence-electron chi connectivity index (χ3n) is 7.26. The average Bonchev–Trinajstić information content (AvgIpc) is 2.95. The van der Waals surface area contributed by atoms with Gasteiger partial charge in [0.2, 0.25) is 17.3 Å². The van der Waals surface area contributed by atoms with Crippen LogP contribution in [0, 0.1) is 17.8 Å². The third kappa shape index (κ3) is 8.85. The molecule has 0 bridgehead atoms.